The molecular formula is C17H19FN2O3S. The van der Waals surface area contributed by atoms with Gasteiger partial charge < -0.3 is 5.32 Å². The van der Waals surface area contributed by atoms with Crippen molar-refractivity contribution in [3.8, 4) is 0 Å². The molecule has 0 aliphatic rings. The van der Waals surface area contributed by atoms with Gasteiger partial charge in [-0.2, -0.15) is 0 Å². The lowest BCUT2D eigenvalue weighted by molar-refractivity contribution is -0.116. The first-order chi connectivity index (χ1) is 11.2. The van der Waals surface area contributed by atoms with Gasteiger partial charge in [0.05, 0.1) is 11.9 Å². The van der Waals surface area contributed by atoms with E-state index in [0.717, 1.165) is 22.2 Å². The van der Waals surface area contributed by atoms with Gasteiger partial charge in [-0.15, -0.1) is 0 Å². The zero-order valence-corrected chi connectivity index (χ0v) is 14.5. The van der Waals surface area contributed by atoms with Crippen molar-refractivity contribution in [3.05, 3.63) is 59.9 Å². The third-order valence-electron chi connectivity index (χ3n) is 3.55. The van der Waals surface area contributed by atoms with Crippen molar-refractivity contribution < 1.29 is 17.6 Å². The highest BCUT2D eigenvalue weighted by Gasteiger charge is 2.29. The Morgan fingerprint density at radius 3 is 2.42 bits per heavy atom. The predicted octanol–water partition coefficient (Wildman–Crippen LogP) is 2.93. The summed E-state index contributed by atoms with van der Waals surface area (Å²) in [6, 6.07) is 11.3. The fourth-order valence-electron chi connectivity index (χ4n) is 2.37. The lowest BCUT2D eigenvalue weighted by Gasteiger charge is -2.28. The molecule has 7 heteroatoms. The molecule has 24 heavy (non-hydrogen) atoms. The maximum absolute atomic E-state index is 13.5. The molecule has 1 N–H and O–H groups in total. The molecule has 0 spiro atoms. The van der Waals surface area contributed by atoms with Crippen LogP contribution in [-0.4, -0.2) is 26.6 Å². The largest absolute Gasteiger partial charge is 0.324 e. The molecule has 0 unspecified atom stereocenters. The number of carbonyl (C=O) groups is 1. The molecule has 0 bridgehead atoms. The first kappa shape index (κ1) is 17.9. The van der Waals surface area contributed by atoms with Crippen LogP contribution in [0.25, 0.3) is 0 Å². The highest BCUT2D eigenvalue weighted by molar-refractivity contribution is 7.92. The van der Waals surface area contributed by atoms with Crippen LogP contribution >= 0.6 is 0 Å². The molecule has 2 aromatic rings. The maximum Gasteiger partial charge on any atom is 0.248 e. The summed E-state index contributed by atoms with van der Waals surface area (Å²) < 4.78 is 38.6. The van der Waals surface area contributed by atoms with Gasteiger partial charge in [-0.3, -0.25) is 9.10 Å². The number of nitrogens with one attached hydrogen (secondary N) is 1. The van der Waals surface area contributed by atoms with Crippen molar-refractivity contribution in [2.75, 3.05) is 15.9 Å². The number of sulfonamides is 1. The Balaban J connectivity index is 2.33. The Morgan fingerprint density at radius 2 is 1.83 bits per heavy atom. The van der Waals surface area contributed by atoms with Gasteiger partial charge in [-0.1, -0.05) is 24.3 Å². The lowest BCUT2D eigenvalue weighted by atomic mass is 10.2. The van der Waals surface area contributed by atoms with E-state index in [9.17, 15) is 17.6 Å². The molecular weight excluding hydrogens is 331 g/mol. The fraction of sp³-hybridized carbons (Fsp3) is 0.235. The molecule has 0 aliphatic carbocycles. The minimum Gasteiger partial charge on any atom is -0.324 e. The molecule has 0 fully saturated rings. The number of halogens is 1. The van der Waals surface area contributed by atoms with Crippen LogP contribution in [0.2, 0.25) is 0 Å². The minimum atomic E-state index is -3.78. The Kier molecular flexibility index (Phi) is 5.23. The standard InChI is InChI=1S/C17H19FN2O3S/c1-12-7-4-5-10-16(12)19-17(21)13(2)20(24(3,22)23)15-9-6-8-14(18)11-15/h4-11,13H,1-3H3,(H,19,21)/t13-/m1/s1. The van der Waals surface area contributed by atoms with Crippen molar-refractivity contribution in [3.63, 3.8) is 0 Å². The molecule has 128 valence electrons. The van der Waals surface area contributed by atoms with E-state index in [-0.39, 0.29) is 5.69 Å². The number of rotatable bonds is 5. The summed E-state index contributed by atoms with van der Waals surface area (Å²) >= 11 is 0. The number of benzene rings is 2. The van der Waals surface area contributed by atoms with Crippen molar-refractivity contribution in [1.82, 2.24) is 0 Å². The highest BCUT2D eigenvalue weighted by atomic mass is 32.2. The van der Waals surface area contributed by atoms with E-state index in [0.29, 0.717) is 5.69 Å². The number of aryl methyl sites for hydroxylation is 1. The maximum atomic E-state index is 13.5. The molecule has 0 heterocycles. The van der Waals surface area contributed by atoms with Crippen LogP contribution in [0, 0.1) is 12.7 Å². The Bertz CT molecular complexity index is 852. The van der Waals surface area contributed by atoms with Crippen molar-refractivity contribution in [2.45, 2.75) is 19.9 Å². The number of hydrogen-bond acceptors (Lipinski definition) is 3. The average Bonchev–Trinajstić information content (AvgIpc) is 2.48. The van der Waals surface area contributed by atoms with Crippen LogP contribution in [0.5, 0.6) is 0 Å². The van der Waals surface area contributed by atoms with Gasteiger partial charge in [-0.25, -0.2) is 12.8 Å². The zero-order valence-electron chi connectivity index (χ0n) is 13.7. The van der Waals surface area contributed by atoms with Gasteiger partial charge >= 0.3 is 0 Å². The van der Waals surface area contributed by atoms with Crippen molar-refractivity contribution in [2.24, 2.45) is 0 Å². The molecule has 1 atom stereocenters. The third kappa shape index (κ3) is 4.11. The van der Waals surface area contributed by atoms with Crippen LogP contribution in [0.4, 0.5) is 15.8 Å². The lowest BCUT2D eigenvalue weighted by Crippen LogP contribution is -2.45. The minimum absolute atomic E-state index is 0.102. The normalized spacial score (nSPS) is 12.5. The molecule has 1 amide bonds. The summed E-state index contributed by atoms with van der Waals surface area (Å²) in [7, 11) is -3.78. The molecule has 0 saturated heterocycles. The number of carbonyl (C=O) groups excluding carboxylic acids is 1. The van der Waals surface area contributed by atoms with E-state index in [4.69, 9.17) is 0 Å². The number of hydrogen-bond donors (Lipinski definition) is 1. The first-order valence-corrected chi connectivity index (χ1v) is 9.16. The van der Waals surface area contributed by atoms with E-state index in [2.05, 4.69) is 5.32 Å². The number of amides is 1. The molecule has 2 rings (SSSR count). The third-order valence-corrected chi connectivity index (χ3v) is 4.80. The van der Waals surface area contributed by atoms with Gasteiger partial charge in [0.15, 0.2) is 0 Å². The average molecular weight is 350 g/mol. The van der Waals surface area contributed by atoms with E-state index in [1.54, 1.807) is 12.1 Å². The van der Waals surface area contributed by atoms with Crippen LogP contribution in [0.3, 0.4) is 0 Å². The summed E-state index contributed by atoms with van der Waals surface area (Å²) in [4.78, 5) is 12.5. The second kappa shape index (κ2) is 7.00. The zero-order chi connectivity index (χ0) is 17.9. The predicted molar refractivity (Wildman–Crippen MR) is 93.0 cm³/mol. The first-order valence-electron chi connectivity index (χ1n) is 7.31. The molecule has 2 aromatic carbocycles. The topological polar surface area (TPSA) is 66.5 Å². The van der Waals surface area contributed by atoms with Gasteiger partial charge in [0.2, 0.25) is 15.9 Å². The second-order valence-electron chi connectivity index (χ2n) is 5.52. The van der Waals surface area contributed by atoms with E-state index in [1.165, 1.54) is 25.1 Å². The molecule has 0 radical (unpaired) electrons. The summed E-state index contributed by atoms with van der Waals surface area (Å²) in [5, 5.41) is 2.71. The molecule has 0 aliphatic heterocycles. The van der Waals surface area contributed by atoms with Gasteiger partial charge in [0.25, 0.3) is 0 Å². The van der Waals surface area contributed by atoms with Crippen molar-refractivity contribution >= 4 is 27.3 Å². The fourth-order valence-corrected chi connectivity index (χ4v) is 3.54. The quantitative estimate of drug-likeness (QED) is 0.902. The van der Waals surface area contributed by atoms with Gasteiger partial charge in [-0.05, 0) is 43.7 Å². The Morgan fingerprint density at radius 1 is 1.17 bits per heavy atom. The Labute approximate surface area is 141 Å². The van der Waals surface area contributed by atoms with Crippen LogP contribution in [-0.2, 0) is 14.8 Å². The van der Waals surface area contributed by atoms with Crippen LogP contribution in [0.15, 0.2) is 48.5 Å². The molecule has 5 nitrogen and oxygen atoms in total. The summed E-state index contributed by atoms with van der Waals surface area (Å²) in [5.41, 5.74) is 1.56. The van der Waals surface area contributed by atoms with E-state index < -0.39 is 27.8 Å². The summed E-state index contributed by atoms with van der Waals surface area (Å²) in [5.74, 6) is -1.08. The van der Waals surface area contributed by atoms with Crippen LogP contribution in [0.1, 0.15) is 12.5 Å². The molecule has 0 aromatic heterocycles. The van der Waals surface area contributed by atoms with E-state index in [1.807, 2.05) is 19.1 Å². The van der Waals surface area contributed by atoms with Gasteiger partial charge in [0.1, 0.15) is 11.9 Å². The smallest absolute Gasteiger partial charge is 0.248 e. The SMILES string of the molecule is Cc1ccccc1NC(=O)[C@@H](C)N(c1cccc(F)c1)S(C)(=O)=O. The van der Waals surface area contributed by atoms with Crippen molar-refractivity contribution in [1.29, 1.82) is 0 Å². The summed E-state index contributed by atoms with van der Waals surface area (Å²) in [6.07, 6.45) is 0.982. The van der Waals surface area contributed by atoms with Gasteiger partial charge in [0, 0.05) is 5.69 Å². The second-order valence-corrected chi connectivity index (χ2v) is 7.38. The summed E-state index contributed by atoms with van der Waals surface area (Å²) in [6.45, 7) is 3.29. The van der Waals surface area contributed by atoms with E-state index >= 15 is 0 Å². The Hall–Kier alpha value is -2.41. The number of nitrogens with zero attached hydrogens (tertiary/aromatic N) is 1. The highest BCUT2D eigenvalue weighted by Crippen LogP contribution is 2.23. The number of para-hydroxylation sites is 1. The monoisotopic (exact) mass is 350 g/mol. The number of anilines is 2. The molecule has 0 saturated carbocycles. The van der Waals surface area contributed by atoms with Crippen LogP contribution < -0.4 is 9.62 Å².